The highest BCUT2D eigenvalue weighted by Crippen LogP contribution is 2.41. The molecule has 8 rings (SSSR count). The zero-order valence-corrected chi connectivity index (χ0v) is 23.3. The lowest BCUT2D eigenvalue weighted by Gasteiger charge is -2.19. The van der Waals surface area contributed by atoms with Gasteiger partial charge in [-0.15, -0.1) is 0 Å². The minimum atomic E-state index is 0.635. The van der Waals surface area contributed by atoms with Crippen LogP contribution in [0.1, 0.15) is 16.7 Å². The summed E-state index contributed by atoms with van der Waals surface area (Å²) in [7, 11) is 0. The maximum atomic E-state index is 9.56. The molecule has 3 aromatic heterocycles. The molecule has 3 heterocycles. The van der Waals surface area contributed by atoms with E-state index in [0.29, 0.717) is 5.56 Å². The number of nitrogens with zero attached hydrogens (tertiary/aromatic N) is 4. The average molecular weight is 539 g/mol. The van der Waals surface area contributed by atoms with Gasteiger partial charge in [-0.25, -0.2) is 0 Å². The summed E-state index contributed by atoms with van der Waals surface area (Å²) in [6.07, 6.45) is 3.95. The van der Waals surface area contributed by atoms with Gasteiger partial charge in [0.05, 0.1) is 57.5 Å². The molecule has 0 N–H and O–H groups in total. The predicted molar refractivity (Wildman–Crippen MR) is 173 cm³/mol. The summed E-state index contributed by atoms with van der Waals surface area (Å²) in [5, 5.41) is 14.4. The molecule has 0 atom stereocenters. The first-order chi connectivity index (χ1) is 20.6. The Kier molecular flexibility index (Phi) is 5.29. The van der Waals surface area contributed by atoms with Gasteiger partial charge in [0.25, 0.3) is 0 Å². The van der Waals surface area contributed by atoms with Gasteiger partial charge in [-0.3, -0.25) is 4.98 Å². The number of rotatable bonds is 3. The molecule has 0 radical (unpaired) electrons. The Morgan fingerprint density at radius 3 is 1.52 bits per heavy atom. The summed E-state index contributed by atoms with van der Waals surface area (Å²) in [6.45, 7) is 4.28. The van der Waals surface area contributed by atoms with Crippen molar-refractivity contribution in [2.24, 2.45) is 0 Å². The van der Waals surface area contributed by atoms with Crippen molar-refractivity contribution in [1.82, 2.24) is 14.1 Å². The molecule has 0 spiro atoms. The Labute approximate surface area is 243 Å². The van der Waals surface area contributed by atoms with E-state index in [0.717, 1.165) is 44.6 Å². The van der Waals surface area contributed by atoms with Crippen LogP contribution >= 0.6 is 0 Å². The van der Waals surface area contributed by atoms with Gasteiger partial charge >= 0.3 is 0 Å². The van der Waals surface area contributed by atoms with Crippen molar-refractivity contribution in [3.63, 3.8) is 0 Å². The first-order valence-corrected chi connectivity index (χ1v) is 14.1. The Balaban J connectivity index is 1.55. The van der Waals surface area contributed by atoms with Crippen molar-refractivity contribution in [3.05, 3.63) is 138 Å². The van der Waals surface area contributed by atoms with E-state index in [1.807, 2.05) is 24.5 Å². The quantitative estimate of drug-likeness (QED) is 0.225. The molecule has 0 saturated heterocycles. The highest BCUT2D eigenvalue weighted by atomic mass is 15.0. The standard InChI is InChI=1S/C38H26N4/c1-24-11-17-34-30(19-24)28-7-3-5-9-32(28)41(34)36-22-40-23-37(38(36)27-15-13-26(21-39)14-16-27)42-33-10-6-4-8-29(33)31-20-25(2)12-18-35(31)42/h3-20,22-23H,1-2H3. The Bertz CT molecular complexity index is 2240. The van der Waals surface area contributed by atoms with Crippen LogP contribution in [0.5, 0.6) is 0 Å². The highest BCUT2D eigenvalue weighted by molar-refractivity contribution is 6.12. The fourth-order valence-corrected chi connectivity index (χ4v) is 6.48. The largest absolute Gasteiger partial charge is 0.307 e. The van der Waals surface area contributed by atoms with E-state index in [1.165, 1.54) is 32.7 Å². The summed E-state index contributed by atoms with van der Waals surface area (Å²) < 4.78 is 4.68. The molecule has 0 saturated carbocycles. The van der Waals surface area contributed by atoms with Gasteiger partial charge in [0.2, 0.25) is 0 Å². The lowest BCUT2D eigenvalue weighted by atomic mass is 10.0. The fraction of sp³-hybridized carbons (Fsp3) is 0.0526. The second kappa shape index (κ2) is 9.19. The lowest BCUT2D eigenvalue weighted by Crippen LogP contribution is -2.05. The van der Waals surface area contributed by atoms with Crippen LogP contribution in [0.4, 0.5) is 0 Å². The van der Waals surface area contributed by atoms with Gasteiger partial charge in [0.1, 0.15) is 0 Å². The van der Waals surface area contributed by atoms with Gasteiger partial charge in [-0.2, -0.15) is 5.26 Å². The molecule has 0 amide bonds. The first-order valence-electron chi connectivity index (χ1n) is 14.1. The molecule has 0 fully saturated rings. The number of aromatic nitrogens is 3. The van der Waals surface area contributed by atoms with Crippen LogP contribution in [0.3, 0.4) is 0 Å². The summed E-state index contributed by atoms with van der Waals surface area (Å²) in [6, 6.07) is 40.6. The van der Waals surface area contributed by atoms with E-state index in [-0.39, 0.29) is 0 Å². The molecule has 42 heavy (non-hydrogen) atoms. The molecule has 0 bridgehead atoms. The van der Waals surface area contributed by atoms with Gasteiger partial charge in [0, 0.05) is 27.1 Å². The van der Waals surface area contributed by atoms with Crippen LogP contribution in [-0.4, -0.2) is 14.1 Å². The Morgan fingerprint density at radius 2 is 1.02 bits per heavy atom. The van der Waals surface area contributed by atoms with E-state index in [2.05, 4.69) is 126 Å². The maximum absolute atomic E-state index is 9.56. The minimum absolute atomic E-state index is 0.635. The van der Waals surface area contributed by atoms with E-state index >= 15 is 0 Å². The SMILES string of the molecule is Cc1ccc2c(c1)c1ccccc1n2-c1cncc(-n2c3ccccc3c3cc(C)ccc32)c1-c1ccc(C#N)cc1. The number of aryl methyl sites for hydroxylation is 2. The predicted octanol–water partition coefficient (Wildman–Crippen LogP) is 9.43. The summed E-state index contributed by atoms with van der Waals surface area (Å²) in [4.78, 5) is 4.88. The van der Waals surface area contributed by atoms with Crippen LogP contribution in [0.25, 0.3) is 66.1 Å². The van der Waals surface area contributed by atoms with Gasteiger partial charge in [-0.1, -0.05) is 71.8 Å². The molecular weight excluding hydrogens is 512 g/mol. The van der Waals surface area contributed by atoms with Crippen molar-refractivity contribution >= 4 is 43.6 Å². The molecule has 4 heteroatoms. The van der Waals surface area contributed by atoms with Gasteiger partial charge in [0.15, 0.2) is 0 Å². The number of benzene rings is 5. The zero-order valence-electron chi connectivity index (χ0n) is 23.3. The third-order valence-corrected chi connectivity index (χ3v) is 8.35. The molecule has 4 nitrogen and oxygen atoms in total. The van der Waals surface area contributed by atoms with Crippen LogP contribution < -0.4 is 0 Å². The second-order valence-corrected chi connectivity index (χ2v) is 11.0. The summed E-state index contributed by atoms with van der Waals surface area (Å²) in [5.74, 6) is 0. The molecule has 0 aliphatic heterocycles. The number of nitriles is 1. The van der Waals surface area contributed by atoms with E-state index in [9.17, 15) is 5.26 Å². The normalized spacial score (nSPS) is 11.5. The molecule has 0 unspecified atom stereocenters. The summed E-state index contributed by atoms with van der Waals surface area (Å²) >= 11 is 0. The number of hydrogen-bond donors (Lipinski definition) is 0. The number of hydrogen-bond acceptors (Lipinski definition) is 2. The van der Waals surface area contributed by atoms with Crippen molar-refractivity contribution in [3.8, 4) is 28.6 Å². The lowest BCUT2D eigenvalue weighted by molar-refractivity contribution is 1.09. The monoisotopic (exact) mass is 538 g/mol. The van der Waals surface area contributed by atoms with Gasteiger partial charge < -0.3 is 9.13 Å². The van der Waals surface area contributed by atoms with Crippen LogP contribution in [0, 0.1) is 25.2 Å². The zero-order chi connectivity index (χ0) is 28.4. The van der Waals surface area contributed by atoms with Gasteiger partial charge in [-0.05, 0) is 67.9 Å². The number of pyridine rings is 1. The summed E-state index contributed by atoms with van der Waals surface area (Å²) in [5.41, 5.74) is 11.7. The molecule has 0 aliphatic rings. The van der Waals surface area contributed by atoms with Crippen LogP contribution in [0.15, 0.2) is 122 Å². The fourth-order valence-electron chi connectivity index (χ4n) is 6.48. The Hall–Kier alpha value is -5.66. The molecule has 198 valence electrons. The van der Waals surface area contributed by atoms with Crippen molar-refractivity contribution in [2.45, 2.75) is 13.8 Å². The van der Waals surface area contributed by atoms with Crippen molar-refractivity contribution < 1.29 is 0 Å². The maximum Gasteiger partial charge on any atom is 0.0991 e. The topological polar surface area (TPSA) is 46.5 Å². The highest BCUT2D eigenvalue weighted by Gasteiger charge is 2.22. The first kappa shape index (κ1) is 24.2. The van der Waals surface area contributed by atoms with E-state index < -0.39 is 0 Å². The molecular formula is C38H26N4. The third-order valence-electron chi connectivity index (χ3n) is 8.35. The van der Waals surface area contributed by atoms with Crippen LogP contribution in [0.2, 0.25) is 0 Å². The second-order valence-electron chi connectivity index (χ2n) is 11.0. The van der Waals surface area contributed by atoms with E-state index in [4.69, 9.17) is 4.98 Å². The van der Waals surface area contributed by atoms with Crippen molar-refractivity contribution in [2.75, 3.05) is 0 Å². The number of fused-ring (bicyclic) bond motifs is 6. The average Bonchev–Trinajstić information content (AvgIpc) is 3.53. The van der Waals surface area contributed by atoms with E-state index in [1.54, 1.807) is 0 Å². The molecule has 0 aliphatic carbocycles. The third kappa shape index (κ3) is 3.51. The molecule has 5 aromatic carbocycles. The van der Waals surface area contributed by atoms with Crippen LogP contribution in [-0.2, 0) is 0 Å². The smallest absolute Gasteiger partial charge is 0.0991 e. The number of para-hydroxylation sites is 2. The minimum Gasteiger partial charge on any atom is -0.307 e. The van der Waals surface area contributed by atoms with Crippen molar-refractivity contribution in [1.29, 1.82) is 5.26 Å². The molecule has 8 aromatic rings. The Morgan fingerprint density at radius 1 is 0.548 bits per heavy atom.